The first-order valence-electron chi connectivity index (χ1n) is 8.01. The molecule has 0 saturated heterocycles. The molecule has 1 aromatic carbocycles. The van der Waals surface area contributed by atoms with Crippen LogP contribution in [0.25, 0.3) is 0 Å². The van der Waals surface area contributed by atoms with Crippen LogP contribution in [0.1, 0.15) is 50.2 Å². The van der Waals surface area contributed by atoms with Gasteiger partial charge in [-0.05, 0) is 12.0 Å². The minimum Gasteiger partial charge on any atom is -0.143 e. The van der Waals surface area contributed by atoms with E-state index in [1.54, 1.807) is 11.3 Å². The van der Waals surface area contributed by atoms with Crippen molar-refractivity contribution < 1.29 is 0 Å². The van der Waals surface area contributed by atoms with Crippen molar-refractivity contribution >= 4 is 11.3 Å². The SMILES string of the molecule is CC(C)(C)c1nnc(C(C)(C)Cc2ccccccccc2)s1. The first kappa shape index (κ1) is 17.6. The zero-order chi connectivity index (χ0) is 16.9. The van der Waals surface area contributed by atoms with Gasteiger partial charge in [0.05, 0.1) is 0 Å². The second kappa shape index (κ2) is 7.22. The molecule has 0 unspecified atom stereocenters. The molecule has 0 fully saturated rings. The van der Waals surface area contributed by atoms with Crippen molar-refractivity contribution in [1.82, 2.24) is 10.2 Å². The molecule has 0 aliphatic carbocycles. The molecule has 23 heavy (non-hydrogen) atoms. The monoisotopic (exact) mass is 326 g/mol. The third kappa shape index (κ3) is 5.14. The summed E-state index contributed by atoms with van der Waals surface area (Å²) in [5, 5.41) is 11.1. The fraction of sp³-hybridized carbons (Fsp3) is 0.400. The Kier molecular flexibility index (Phi) is 5.53. The van der Waals surface area contributed by atoms with Gasteiger partial charge in [0.2, 0.25) is 0 Å². The third-order valence-electron chi connectivity index (χ3n) is 3.58. The van der Waals surface area contributed by atoms with Gasteiger partial charge in [0, 0.05) is 10.8 Å². The average Bonchev–Trinajstić information content (AvgIpc) is 2.96. The quantitative estimate of drug-likeness (QED) is 0.746. The summed E-state index contributed by atoms with van der Waals surface area (Å²) in [4.78, 5) is 0. The molecule has 0 saturated carbocycles. The average molecular weight is 327 g/mol. The standard InChI is InChI=1S/C20H26N2S/c1-19(2,3)17-21-22-18(23-17)20(4,5)15-16-13-11-9-7-6-8-10-12-14-16/h6-14H,15H2,1-5H3. The summed E-state index contributed by atoms with van der Waals surface area (Å²) < 4.78 is 0. The van der Waals surface area contributed by atoms with E-state index in [4.69, 9.17) is 0 Å². The minimum absolute atomic E-state index is 0.0329. The molecule has 0 aliphatic rings. The first-order chi connectivity index (χ1) is 10.8. The molecule has 0 N–H and O–H groups in total. The largest absolute Gasteiger partial charge is 0.143 e. The Morgan fingerprint density at radius 1 is 0.739 bits per heavy atom. The topological polar surface area (TPSA) is 25.8 Å². The van der Waals surface area contributed by atoms with Crippen LogP contribution in [0.4, 0.5) is 0 Å². The van der Waals surface area contributed by atoms with Crippen LogP contribution in [0.15, 0.2) is 54.6 Å². The minimum atomic E-state index is -0.0329. The van der Waals surface area contributed by atoms with E-state index in [1.165, 1.54) is 5.56 Å². The molecule has 122 valence electrons. The summed E-state index contributed by atoms with van der Waals surface area (Å²) in [5.74, 6) is 0. The molecule has 1 aromatic heterocycles. The lowest BCUT2D eigenvalue weighted by Gasteiger charge is -2.21. The molecule has 1 heterocycles. The molecule has 0 amide bonds. The highest BCUT2D eigenvalue weighted by molar-refractivity contribution is 7.11. The highest BCUT2D eigenvalue weighted by Gasteiger charge is 2.28. The van der Waals surface area contributed by atoms with Gasteiger partial charge in [0.25, 0.3) is 0 Å². The summed E-state index contributed by atoms with van der Waals surface area (Å²) in [5.41, 5.74) is 1.31. The van der Waals surface area contributed by atoms with Gasteiger partial charge in [-0.25, -0.2) is 0 Å². The molecule has 2 nitrogen and oxygen atoms in total. The zero-order valence-corrected chi connectivity index (χ0v) is 15.5. The number of nitrogens with zero attached hydrogens (tertiary/aromatic N) is 2. The fourth-order valence-electron chi connectivity index (χ4n) is 2.24. The summed E-state index contributed by atoms with van der Waals surface area (Å²) in [6.45, 7) is 11.0. The van der Waals surface area contributed by atoms with E-state index >= 15 is 0 Å². The van der Waals surface area contributed by atoms with E-state index in [9.17, 15) is 0 Å². The van der Waals surface area contributed by atoms with Crippen molar-refractivity contribution in [2.45, 2.75) is 51.9 Å². The van der Waals surface area contributed by atoms with E-state index in [0.29, 0.717) is 0 Å². The van der Waals surface area contributed by atoms with Crippen molar-refractivity contribution in [3.05, 3.63) is 70.2 Å². The Bertz CT molecular complexity index is 670. The van der Waals surface area contributed by atoms with Crippen LogP contribution in [0.2, 0.25) is 0 Å². The number of hydrogen-bond acceptors (Lipinski definition) is 3. The van der Waals surface area contributed by atoms with E-state index in [0.717, 1.165) is 16.4 Å². The Balaban J connectivity index is 2.29. The van der Waals surface area contributed by atoms with Crippen molar-refractivity contribution in [3.63, 3.8) is 0 Å². The van der Waals surface area contributed by atoms with Crippen LogP contribution in [0.5, 0.6) is 0 Å². The predicted molar refractivity (Wildman–Crippen MR) is 99.4 cm³/mol. The Morgan fingerprint density at radius 2 is 1.22 bits per heavy atom. The van der Waals surface area contributed by atoms with E-state index in [-0.39, 0.29) is 10.8 Å². The molecule has 3 heteroatoms. The van der Waals surface area contributed by atoms with Crippen molar-refractivity contribution in [1.29, 1.82) is 0 Å². The number of aromatic nitrogens is 2. The van der Waals surface area contributed by atoms with E-state index < -0.39 is 0 Å². The molecule has 2 rings (SSSR count). The lowest BCUT2D eigenvalue weighted by atomic mass is 9.87. The van der Waals surface area contributed by atoms with Gasteiger partial charge in [-0.2, -0.15) is 0 Å². The smallest absolute Gasteiger partial charge is 0.123 e. The number of rotatable bonds is 3. The Morgan fingerprint density at radius 3 is 1.70 bits per heavy atom. The van der Waals surface area contributed by atoms with Crippen LogP contribution in [-0.2, 0) is 17.3 Å². The van der Waals surface area contributed by atoms with Crippen molar-refractivity contribution in [3.8, 4) is 0 Å². The Labute approximate surface area is 143 Å². The van der Waals surface area contributed by atoms with E-state index in [1.807, 2.05) is 18.2 Å². The lowest BCUT2D eigenvalue weighted by molar-refractivity contribution is 0.512. The third-order valence-corrected chi connectivity index (χ3v) is 5.29. The molecule has 0 radical (unpaired) electrons. The summed E-state index contributed by atoms with van der Waals surface area (Å²) >= 11 is 1.74. The van der Waals surface area contributed by atoms with Crippen LogP contribution in [0.3, 0.4) is 0 Å². The summed E-state index contributed by atoms with van der Waals surface area (Å²) in [7, 11) is 0. The van der Waals surface area contributed by atoms with E-state index in [2.05, 4.69) is 81.2 Å². The number of hydrogen-bond donors (Lipinski definition) is 0. The lowest BCUT2D eigenvalue weighted by Crippen LogP contribution is -2.20. The molecular formula is C20H26N2S. The van der Waals surface area contributed by atoms with Gasteiger partial charge >= 0.3 is 0 Å². The highest BCUT2D eigenvalue weighted by atomic mass is 32.1. The van der Waals surface area contributed by atoms with Gasteiger partial charge < -0.3 is 0 Å². The normalized spacial score (nSPS) is 11.9. The first-order valence-corrected chi connectivity index (χ1v) is 8.82. The second-order valence-corrected chi connectivity index (χ2v) is 8.46. The van der Waals surface area contributed by atoms with Gasteiger partial charge in [0.1, 0.15) is 10.0 Å². The van der Waals surface area contributed by atoms with Gasteiger partial charge in [-0.3, -0.25) is 0 Å². The maximum Gasteiger partial charge on any atom is 0.123 e. The molecule has 0 spiro atoms. The molecular weight excluding hydrogens is 300 g/mol. The maximum absolute atomic E-state index is 4.47. The van der Waals surface area contributed by atoms with Crippen LogP contribution in [-0.4, -0.2) is 10.2 Å². The van der Waals surface area contributed by atoms with Crippen molar-refractivity contribution in [2.24, 2.45) is 0 Å². The molecule has 2 aromatic rings. The van der Waals surface area contributed by atoms with Gasteiger partial charge in [-0.15, -0.1) is 21.5 Å². The maximum atomic E-state index is 4.47. The fourth-order valence-corrected chi connectivity index (χ4v) is 3.24. The second-order valence-electron chi connectivity index (χ2n) is 7.48. The zero-order valence-electron chi connectivity index (χ0n) is 14.7. The highest BCUT2D eigenvalue weighted by Crippen LogP contribution is 2.33. The molecule has 0 bridgehead atoms. The summed E-state index contributed by atoms with van der Waals surface area (Å²) in [6, 6.07) is 18.7. The van der Waals surface area contributed by atoms with Gasteiger partial charge in [0.15, 0.2) is 0 Å². The predicted octanol–water partition coefficient (Wildman–Crippen LogP) is 5.48. The molecule has 0 aliphatic heterocycles. The summed E-state index contributed by atoms with van der Waals surface area (Å²) in [6.07, 6.45) is 0.935. The van der Waals surface area contributed by atoms with Crippen LogP contribution in [0, 0.1) is 0 Å². The van der Waals surface area contributed by atoms with Gasteiger partial charge in [-0.1, -0.05) is 89.2 Å². The van der Waals surface area contributed by atoms with Crippen LogP contribution < -0.4 is 0 Å². The molecule has 0 atom stereocenters. The Hall–Kier alpha value is -1.74. The van der Waals surface area contributed by atoms with Crippen molar-refractivity contribution in [2.75, 3.05) is 0 Å². The van der Waals surface area contributed by atoms with Crippen LogP contribution >= 0.6 is 11.3 Å².